The maximum atomic E-state index is 13.5. The van der Waals surface area contributed by atoms with E-state index in [1.807, 2.05) is 12.1 Å². The summed E-state index contributed by atoms with van der Waals surface area (Å²) in [4.78, 5) is 0. The lowest BCUT2D eigenvalue weighted by molar-refractivity contribution is 0.412. The molecule has 0 saturated heterocycles. The number of nitrogens with one attached hydrogen (secondary N) is 1. The molecule has 0 bridgehead atoms. The van der Waals surface area contributed by atoms with Crippen LogP contribution in [0, 0.1) is 11.6 Å². The van der Waals surface area contributed by atoms with Gasteiger partial charge in [-0.1, -0.05) is 0 Å². The first-order valence-electron chi connectivity index (χ1n) is 6.10. The van der Waals surface area contributed by atoms with Gasteiger partial charge >= 0.3 is 0 Å². The van der Waals surface area contributed by atoms with E-state index in [9.17, 15) is 8.78 Å². The SMILES string of the molecule is COc1ccc(/C(C)=N\Nc2ccc(F)cc2F)cc1Br. The monoisotopic (exact) mass is 354 g/mol. The van der Waals surface area contributed by atoms with Crippen molar-refractivity contribution in [3.05, 3.63) is 58.1 Å². The minimum Gasteiger partial charge on any atom is -0.496 e. The van der Waals surface area contributed by atoms with Crippen LogP contribution in [0.4, 0.5) is 14.5 Å². The summed E-state index contributed by atoms with van der Waals surface area (Å²) in [6.45, 7) is 1.78. The molecule has 21 heavy (non-hydrogen) atoms. The number of halogens is 3. The van der Waals surface area contributed by atoms with Gasteiger partial charge in [-0.3, -0.25) is 5.43 Å². The zero-order chi connectivity index (χ0) is 15.4. The number of hydrogen-bond donors (Lipinski definition) is 1. The van der Waals surface area contributed by atoms with Crippen LogP contribution in [0.3, 0.4) is 0 Å². The highest BCUT2D eigenvalue weighted by Crippen LogP contribution is 2.25. The van der Waals surface area contributed by atoms with Crippen LogP contribution in [0.15, 0.2) is 46.0 Å². The molecule has 0 heterocycles. The van der Waals surface area contributed by atoms with E-state index in [1.54, 1.807) is 20.1 Å². The van der Waals surface area contributed by atoms with E-state index in [0.717, 1.165) is 16.1 Å². The van der Waals surface area contributed by atoms with Gasteiger partial charge in [0.25, 0.3) is 0 Å². The average Bonchev–Trinajstić information content (AvgIpc) is 2.46. The lowest BCUT2D eigenvalue weighted by Gasteiger charge is -2.07. The standard InChI is InChI=1S/C15H13BrF2N2O/c1-9(10-3-6-15(21-2)12(16)7-10)19-20-14-5-4-11(17)8-13(14)18/h3-8,20H,1-2H3/b19-9-. The molecule has 2 aromatic carbocycles. The summed E-state index contributed by atoms with van der Waals surface area (Å²) < 4.78 is 32.2. The third-order valence-corrected chi connectivity index (χ3v) is 3.46. The van der Waals surface area contributed by atoms with E-state index in [4.69, 9.17) is 4.74 Å². The van der Waals surface area contributed by atoms with Crippen molar-refractivity contribution in [3.8, 4) is 5.75 Å². The quantitative estimate of drug-likeness (QED) is 0.644. The molecule has 0 amide bonds. The molecule has 0 atom stereocenters. The first-order valence-corrected chi connectivity index (χ1v) is 6.90. The number of benzene rings is 2. The molecule has 1 N–H and O–H groups in total. The van der Waals surface area contributed by atoms with Gasteiger partial charge in [0.1, 0.15) is 11.6 Å². The van der Waals surface area contributed by atoms with Crippen LogP contribution in [-0.2, 0) is 0 Å². The summed E-state index contributed by atoms with van der Waals surface area (Å²) >= 11 is 3.39. The van der Waals surface area contributed by atoms with E-state index in [1.165, 1.54) is 12.1 Å². The molecule has 3 nitrogen and oxygen atoms in total. The molecule has 0 spiro atoms. The molecule has 0 fully saturated rings. The molecule has 0 saturated carbocycles. The first kappa shape index (κ1) is 15.4. The zero-order valence-corrected chi connectivity index (χ0v) is 13.0. The maximum Gasteiger partial charge on any atom is 0.151 e. The Morgan fingerprint density at radius 1 is 1.19 bits per heavy atom. The van der Waals surface area contributed by atoms with Crippen molar-refractivity contribution >= 4 is 27.3 Å². The Morgan fingerprint density at radius 2 is 1.95 bits per heavy atom. The molecule has 0 aliphatic heterocycles. The predicted molar refractivity (Wildman–Crippen MR) is 82.9 cm³/mol. The minimum atomic E-state index is -0.692. The van der Waals surface area contributed by atoms with E-state index < -0.39 is 11.6 Å². The van der Waals surface area contributed by atoms with Gasteiger partial charge in [0, 0.05) is 6.07 Å². The van der Waals surface area contributed by atoms with Crippen LogP contribution in [0.1, 0.15) is 12.5 Å². The number of hydrazone groups is 1. The van der Waals surface area contributed by atoms with Gasteiger partial charge in [-0.2, -0.15) is 5.10 Å². The Bertz CT molecular complexity index is 689. The summed E-state index contributed by atoms with van der Waals surface area (Å²) in [7, 11) is 1.58. The summed E-state index contributed by atoms with van der Waals surface area (Å²) in [5.74, 6) is -0.607. The largest absolute Gasteiger partial charge is 0.496 e. The Balaban J connectivity index is 2.19. The summed E-state index contributed by atoms with van der Waals surface area (Å²) in [6, 6.07) is 8.76. The normalized spacial score (nSPS) is 11.4. The molecule has 0 aromatic heterocycles. The number of methoxy groups -OCH3 is 1. The molecule has 6 heteroatoms. The Hall–Kier alpha value is -1.95. The Kier molecular flexibility index (Phi) is 4.90. The smallest absolute Gasteiger partial charge is 0.151 e. The van der Waals surface area contributed by atoms with Crippen LogP contribution in [0.25, 0.3) is 0 Å². The average molecular weight is 355 g/mol. The minimum absolute atomic E-state index is 0.114. The first-order chi connectivity index (χ1) is 10.0. The highest BCUT2D eigenvalue weighted by Gasteiger charge is 2.05. The van der Waals surface area contributed by atoms with Crippen LogP contribution in [0.5, 0.6) is 5.75 Å². The van der Waals surface area contributed by atoms with Crippen molar-refractivity contribution in [2.45, 2.75) is 6.92 Å². The van der Waals surface area contributed by atoms with Gasteiger partial charge in [-0.25, -0.2) is 8.78 Å². The van der Waals surface area contributed by atoms with Crippen molar-refractivity contribution in [2.75, 3.05) is 12.5 Å². The van der Waals surface area contributed by atoms with Crippen molar-refractivity contribution in [3.63, 3.8) is 0 Å². The fourth-order valence-electron chi connectivity index (χ4n) is 1.68. The molecule has 0 unspecified atom stereocenters. The van der Waals surface area contributed by atoms with Crippen LogP contribution in [0.2, 0.25) is 0 Å². The molecule has 110 valence electrons. The molecular weight excluding hydrogens is 342 g/mol. The molecular formula is C15H13BrF2N2O. The molecule has 0 aliphatic carbocycles. The topological polar surface area (TPSA) is 33.6 Å². The highest BCUT2D eigenvalue weighted by atomic mass is 79.9. The van der Waals surface area contributed by atoms with Gasteiger partial charge < -0.3 is 4.74 Å². The van der Waals surface area contributed by atoms with E-state index in [-0.39, 0.29) is 5.69 Å². The lowest BCUT2D eigenvalue weighted by atomic mass is 10.1. The highest BCUT2D eigenvalue weighted by molar-refractivity contribution is 9.10. The lowest BCUT2D eigenvalue weighted by Crippen LogP contribution is -2.01. The van der Waals surface area contributed by atoms with Gasteiger partial charge in [-0.05, 0) is 58.7 Å². The fraction of sp³-hybridized carbons (Fsp3) is 0.133. The number of anilines is 1. The van der Waals surface area contributed by atoms with Crippen LogP contribution in [-0.4, -0.2) is 12.8 Å². The van der Waals surface area contributed by atoms with Crippen molar-refractivity contribution in [1.82, 2.24) is 0 Å². The third-order valence-electron chi connectivity index (χ3n) is 2.84. The van der Waals surface area contributed by atoms with E-state index in [2.05, 4.69) is 26.5 Å². The summed E-state index contributed by atoms with van der Waals surface area (Å²) in [5, 5.41) is 4.09. The van der Waals surface area contributed by atoms with Crippen molar-refractivity contribution in [2.24, 2.45) is 5.10 Å². The second-order valence-corrected chi connectivity index (χ2v) is 5.14. The number of rotatable bonds is 4. The van der Waals surface area contributed by atoms with Gasteiger partial charge in [-0.15, -0.1) is 0 Å². The molecule has 0 radical (unpaired) electrons. The summed E-state index contributed by atoms with van der Waals surface area (Å²) in [6.07, 6.45) is 0. The summed E-state index contributed by atoms with van der Waals surface area (Å²) in [5.41, 5.74) is 4.20. The fourth-order valence-corrected chi connectivity index (χ4v) is 2.22. The van der Waals surface area contributed by atoms with Crippen LogP contribution >= 0.6 is 15.9 Å². The molecule has 0 aliphatic rings. The number of ether oxygens (including phenoxy) is 1. The number of nitrogens with zero attached hydrogens (tertiary/aromatic N) is 1. The Labute approximate surface area is 129 Å². The van der Waals surface area contributed by atoms with E-state index in [0.29, 0.717) is 11.5 Å². The van der Waals surface area contributed by atoms with Gasteiger partial charge in [0.05, 0.1) is 23.0 Å². The van der Waals surface area contributed by atoms with Crippen LogP contribution < -0.4 is 10.2 Å². The zero-order valence-electron chi connectivity index (χ0n) is 11.5. The molecule has 2 rings (SSSR count). The van der Waals surface area contributed by atoms with Crippen molar-refractivity contribution in [1.29, 1.82) is 0 Å². The van der Waals surface area contributed by atoms with Crippen molar-refractivity contribution < 1.29 is 13.5 Å². The predicted octanol–water partition coefficient (Wildman–Crippen LogP) is 4.57. The van der Waals surface area contributed by atoms with Gasteiger partial charge in [0.2, 0.25) is 0 Å². The molecule has 2 aromatic rings. The van der Waals surface area contributed by atoms with Gasteiger partial charge in [0.15, 0.2) is 5.82 Å². The van der Waals surface area contributed by atoms with E-state index >= 15 is 0 Å². The second kappa shape index (κ2) is 6.67. The maximum absolute atomic E-state index is 13.5. The third kappa shape index (κ3) is 3.78. The number of hydrogen-bond acceptors (Lipinski definition) is 3. The second-order valence-electron chi connectivity index (χ2n) is 4.28. The Morgan fingerprint density at radius 3 is 2.57 bits per heavy atom.